The molecular formula is C12H14N2O3. The summed E-state index contributed by atoms with van der Waals surface area (Å²) in [6.07, 6.45) is 3.93. The zero-order valence-corrected chi connectivity index (χ0v) is 9.60. The summed E-state index contributed by atoms with van der Waals surface area (Å²) in [5.41, 5.74) is 0.516. The third kappa shape index (κ3) is 1.88. The normalized spacial score (nSPS) is 29.1. The second-order valence-electron chi connectivity index (χ2n) is 4.25. The number of carbonyl (C=O) groups is 3. The number of imide groups is 1. The van der Waals surface area contributed by atoms with Gasteiger partial charge in [-0.2, -0.15) is 0 Å². The molecule has 0 bridgehead atoms. The fourth-order valence-corrected chi connectivity index (χ4v) is 2.27. The topological polar surface area (TPSA) is 66.5 Å². The first-order chi connectivity index (χ1) is 8.04. The van der Waals surface area contributed by atoms with Crippen LogP contribution in [0.2, 0.25) is 0 Å². The van der Waals surface area contributed by atoms with Crippen LogP contribution in [0.25, 0.3) is 0 Å². The molecule has 90 valence electrons. The highest BCUT2D eigenvalue weighted by Gasteiger charge is 2.39. The van der Waals surface area contributed by atoms with Crippen molar-refractivity contribution >= 4 is 17.7 Å². The van der Waals surface area contributed by atoms with Crippen molar-refractivity contribution in [3.8, 4) is 0 Å². The number of nitrogens with one attached hydrogen (secondary N) is 1. The zero-order chi connectivity index (χ0) is 12.6. The lowest BCUT2D eigenvalue weighted by Crippen LogP contribution is -2.55. The van der Waals surface area contributed by atoms with Gasteiger partial charge in [0.15, 0.2) is 0 Å². The Morgan fingerprint density at radius 1 is 1.47 bits per heavy atom. The highest BCUT2D eigenvalue weighted by atomic mass is 16.2. The highest BCUT2D eigenvalue weighted by molar-refractivity contribution is 6.05. The van der Waals surface area contributed by atoms with Gasteiger partial charge in [0.25, 0.3) is 5.91 Å². The first kappa shape index (κ1) is 11.6. The van der Waals surface area contributed by atoms with E-state index in [1.807, 2.05) is 6.92 Å². The maximum absolute atomic E-state index is 12.0. The van der Waals surface area contributed by atoms with Crippen LogP contribution in [0.1, 0.15) is 19.8 Å². The van der Waals surface area contributed by atoms with Gasteiger partial charge in [0.05, 0.1) is 0 Å². The minimum absolute atomic E-state index is 0.139. The maximum Gasteiger partial charge on any atom is 0.254 e. The Morgan fingerprint density at radius 3 is 2.71 bits per heavy atom. The second-order valence-corrected chi connectivity index (χ2v) is 4.25. The van der Waals surface area contributed by atoms with Gasteiger partial charge in [0.2, 0.25) is 11.8 Å². The van der Waals surface area contributed by atoms with Crippen molar-refractivity contribution < 1.29 is 14.4 Å². The summed E-state index contributed by atoms with van der Waals surface area (Å²) in [7, 11) is 0. The van der Waals surface area contributed by atoms with Gasteiger partial charge in [0.1, 0.15) is 6.04 Å². The molecule has 1 N–H and O–H groups in total. The van der Waals surface area contributed by atoms with E-state index in [9.17, 15) is 14.4 Å². The van der Waals surface area contributed by atoms with E-state index >= 15 is 0 Å². The fourth-order valence-electron chi connectivity index (χ4n) is 2.27. The molecule has 0 aromatic carbocycles. The van der Waals surface area contributed by atoms with Gasteiger partial charge in [-0.3, -0.25) is 19.7 Å². The summed E-state index contributed by atoms with van der Waals surface area (Å²) in [6, 6.07) is -0.691. The Bertz CT molecular complexity index is 439. The van der Waals surface area contributed by atoms with Gasteiger partial charge in [-0.15, -0.1) is 0 Å². The van der Waals surface area contributed by atoms with E-state index in [1.54, 1.807) is 6.08 Å². The number of carbonyl (C=O) groups excluding carboxylic acids is 3. The van der Waals surface area contributed by atoms with E-state index in [0.29, 0.717) is 12.0 Å². The van der Waals surface area contributed by atoms with Crippen LogP contribution in [0.15, 0.2) is 24.3 Å². The van der Waals surface area contributed by atoms with Crippen molar-refractivity contribution in [3.05, 3.63) is 24.3 Å². The number of piperidine rings is 1. The number of hydrogen-bond donors (Lipinski definition) is 1. The van der Waals surface area contributed by atoms with E-state index in [4.69, 9.17) is 0 Å². The number of rotatable bonds is 2. The predicted molar refractivity (Wildman–Crippen MR) is 60.8 cm³/mol. The minimum atomic E-state index is -0.552. The lowest BCUT2D eigenvalue weighted by atomic mass is 10.0. The van der Waals surface area contributed by atoms with Gasteiger partial charge in [-0.25, -0.2) is 0 Å². The predicted octanol–water partition coefficient (Wildman–Crippen LogP) is 0.135. The summed E-state index contributed by atoms with van der Waals surface area (Å²) in [5.74, 6) is -0.857. The largest absolute Gasteiger partial charge is 0.320 e. The van der Waals surface area contributed by atoms with E-state index in [0.717, 1.165) is 0 Å². The summed E-state index contributed by atoms with van der Waals surface area (Å²) < 4.78 is 0. The van der Waals surface area contributed by atoms with E-state index in [1.165, 1.54) is 11.0 Å². The molecule has 0 aliphatic carbocycles. The van der Waals surface area contributed by atoms with Crippen LogP contribution in [0.5, 0.6) is 0 Å². The molecule has 2 aliphatic rings. The van der Waals surface area contributed by atoms with Crippen LogP contribution in [0.3, 0.4) is 0 Å². The average Bonchev–Trinajstić information content (AvgIpc) is 2.55. The lowest BCUT2D eigenvalue weighted by molar-refractivity contribution is -0.144. The Balaban J connectivity index is 2.19. The highest BCUT2D eigenvalue weighted by Crippen LogP contribution is 2.24. The Morgan fingerprint density at radius 2 is 2.18 bits per heavy atom. The molecule has 2 atom stereocenters. The molecule has 1 fully saturated rings. The van der Waals surface area contributed by atoms with E-state index in [2.05, 4.69) is 11.9 Å². The number of hydrogen-bond acceptors (Lipinski definition) is 3. The Kier molecular flexibility index (Phi) is 2.83. The summed E-state index contributed by atoms with van der Waals surface area (Å²) in [4.78, 5) is 36.3. The molecule has 0 saturated carbocycles. The second kappa shape index (κ2) is 4.16. The van der Waals surface area contributed by atoms with Crippen molar-refractivity contribution in [2.45, 2.75) is 31.8 Å². The quantitative estimate of drug-likeness (QED) is 0.691. The van der Waals surface area contributed by atoms with Crippen molar-refractivity contribution in [1.29, 1.82) is 0 Å². The molecule has 5 heteroatoms. The molecule has 3 amide bonds. The molecule has 2 rings (SSSR count). The summed E-state index contributed by atoms with van der Waals surface area (Å²) in [5, 5.41) is 2.26. The van der Waals surface area contributed by atoms with Crippen molar-refractivity contribution in [1.82, 2.24) is 10.2 Å². The Hall–Kier alpha value is -1.91. The average molecular weight is 234 g/mol. The smallest absolute Gasteiger partial charge is 0.254 e. The van der Waals surface area contributed by atoms with Gasteiger partial charge >= 0.3 is 0 Å². The van der Waals surface area contributed by atoms with Gasteiger partial charge in [-0.05, 0) is 19.4 Å². The molecule has 0 aromatic heterocycles. The molecule has 2 heterocycles. The monoisotopic (exact) mass is 234 g/mol. The first-order valence-electron chi connectivity index (χ1n) is 5.55. The Labute approximate surface area is 99.2 Å². The van der Waals surface area contributed by atoms with E-state index < -0.39 is 6.04 Å². The number of amides is 3. The van der Waals surface area contributed by atoms with Gasteiger partial charge in [-0.1, -0.05) is 12.7 Å². The summed E-state index contributed by atoms with van der Waals surface area (Å²) in [6.45, 7) is 5.41. The molecule has 5 nitrogen and oxygen atoms in total. The van der Waals surface area contributed by atoms with Gasteiger partial charge in [0, 0.05) is 18.0 Å². The SMILES string of the molecule is C=CC1=CC(C)N(C2CCC(=O)NC2=O)C1=O. The first-order valence-corrected chi connectivity index (χ1v) is 5.55. The van der Waals surface area contributed by atoms with E-state index in [-0.39, 0.29) is 30.2 Å². The van der Waals surface area contributed by atoms with Crippen molar-refractivity contribution in [3.63, 3.8) is 0 Å². The summed E-state index contributed by atoms with van der Waals surface area (Å²) >= 11 is 0. The molecule has 2 aliphatic heterocycles. The van der Waals surface area contributed by atoms with Crippen LogP contribution < -0.4 is 5.32 Å². The van der Waals surface area contributed by atoms with Crippen molar-refractivity contribution in [2.24, 2.45) is 0 Å². The fraction of sp³-hybridized carbons (Fsp3) is 0.417. The molecule has 1 saturated heterocycles. The zero-order valence-electron chi connectivity index (χ0n) is 9.60. The van der Waals surface area contributed by atoms with Crippen molar-refractivity contribution in [2.75, 3.05) is 0 Å². The molecular weight excluding hydrogens is 220 g/mol. The third-order valence-corrected chi connectivity index (χ3v) is 3.11. The van der Waals surface area contributed by atoms with Gasteiger partial charge < -0.3 is 4.90 Å². The van der Waals surface area contributed by atoms with Crippen LogP contribution >= 0.6 is 0 Å². The van der Waals surface area contributed by atoms with Crippen LogP contribution in [0.4, 0.5) is 0 Å². The third-order valence-electron chi connectivity index (χ3n) is 3.11. The lowest BCUT2D eigenvalue weighted by Gasteiger charge is -2.32. The molecule has 17 heavy (non-hydrogen) atoms. The molecule has 2 unspecified atom stereocenters. The maximum atomic E-state index is 12.0. The standard InChI is InChI=1S/C12H14N2O3/c1-3-8-6-7(2)14(12(8)17)9-4-5-10(15)13-11(9)16/h3,6-7,9H,1,4-5H2,2H3,(H,13,15,16). The van der Waals surface area contributed by atoms with Crippen LogP contribution in [-0.4, -0.2) is 34.7 Å². The molecule has 0 radical (unpaired) electrons. The molecule has 0 aromatic rings. The minimum Gasteiger partial charge on any atom is -0.320 e. The van der Waals surface area contributed by atoms with Crippen LogP contribution in [-0.2, 0) is 14.4 Å². The molecule has 0 spiro atoms. The number of nitrogens with zero attached hydrogens (tertiary/aromatic N) is 1. The van der Waals surface area contributed by atoms with Crippen LogP contribution in [0, 0.1) is 0 Å².